The number of fused-ring (bicyclic) bond motifs is 2. The molecule has 27 heavy (non-hydrogen) atoms. The summed E-state index contributed by atoms with van der Waals surface area (Å²) in [6.45, 7) is 0.441. The van der Waals surface area contributed by atoms with Crippen LogP contribution in [0.25, 0.3) is 21.1 Å². The maximum Gasteiger partial charge on any atom is 0.261 e. The van der Waals surface area contributed by atoms with E-state index in [-0.39, 0.29) is 5.91 Å². The summed E-state index contributed by atoms with van der Waals surface area (Å²) in [6, 6.07) is 17.4. The molecule has 0 atom stereocenters. The number of hydrogen-bond donors (Lipinski definition) is 1. The molecule has 0 radical (unpaired) electrons. The molecule has 0 aliphatic rings. The minimum atomic E-state index is -0.109. The highest BCUT2D eigenvalue weighted by atomic mass is 32.1. The average molecular weight is 378 g/mol. The molecule has 136 valence electrons. The van der Waals surface area contributed by atoms with Crippen LogP contribution in [0.15, 0.2) is 54.6 Å². The van der Waals surface area contributed by atoms with E-state index in [1.807, 2.05) is 54.6 Å². The van der Waals surface area contributed by atoms with Gasteiger partial charge in [-0.3, -0.25) is 4.79 Å². The Labute approximate surface area is 160 Å². The molecule has 2 heterocycles. The summed E-state index contributed by atoms with van der Waals surface area (Å²) in [4.78, 5) is 18.7. The SMILES string of the molecule is COc1cccc(CNC(=O)c2cc3cc4ccc(OC)cc4nc3s2)c1. The monoisotopic (exact) mass is 378 g/mol. The van der Waals surface area contributed by atoms with Crippen molar-refractivity contribution in [3.05, 3.63) is 65.0 Å². The van der Waals surface area contributed by atoms with Gasteiger partial charge in [0.05, 0.1) is 24.6 Å². The van der Waals surface area contributed by atoms with Crippen LogP contribution in [0.3, 0.4) is 0 Å². The molecular weight excluding hydrogens is 360 g/mol. The van der Waals surface area contributed by atoms with Gasteiger partial charge in [0.2, 0.25) is 0 Å². The van der Waals surface area contributed by atoms with Crippen LogP contribution < -0.4 is 14.8 Å². The minimum absolute atomic E-state index is 0.109. The first-order chi connectivity index (χ1) is 13.2. The number of pyridine rings is 1. The summed E-state index contributed by atoms with van der Waals surface area (Å²) in [5.41, 5.74) is 1.84. The summed E-state index contributed by atoms with van der Waals surface area (Å²) in [5.74, 6) is 1.43. The number of aromatic nitrogens is 1. The highest BCUT2D eigenvalue weighted by Crippen LogP contribution is 2.29. The topological polar surface area (TPSA) is 60.5 Å². The lowest BCUT2D eigenvalue weighted by atomic mass is 10.2. The number of thiophene rings is 1. The van der Waals surface area contributed by atoms with Crippen LogP contribution in [0.5, 0.6) is 11.5 Å². The molecule has 0 spiro atoms. The number of ether oxygens (including phenoxy) is 2. The Morgan fingerprint density at radius 3 is 2.63 bits per heavy atom. The van der Waals surface area contributed by atoms with Crippen LogP contribution in [0.4, 0.5) is 0 Å². The number of rotatable bonds is 5. The van der Waals surface area contributed by atoms with Crippen molar-refractivity contribution in [1.29, 1.82) is 0 Å². The first kappa shape index (κ1) is 17.3. The quantitative estimate of drug-likeness (QED) is 0.559. The standard InChI is InChI=1S/C21H18N2O3S/c1-25-16-5-3-4-13(8-16)12-22-20(24)19-10-15-9-14-6-7-17(26-2)11-18(14)23-21(15)27-19/h3-11H,12H2,1-2H3,(H,22,24). The lowest BCUT2D eigenvalue weighted by molar-refractivity contribution is 0.0955. The molecule has 6 heteroatoms. The van der Waals surface area contributed by atoms with E-state index in [2.05, 4.69) is 10.3 Å². The van der Waals surface area contributed by atoms with E-state index in [9.17, 15) is 4.79 Å². The fourth-order valence-corrected chi connectivity index (χ4v) is 3.84. The fraction of sp³-hybridized carbons (Fsp3) is 0.143. The number of carbonyl (C=O) groups excluding carboxylic acids is 1. The maximum absolute atomic E-state index is 12.6. The Kier molecular flexibility index (Phi) is 4.64. The molecule has 1 N–H and O–H groups in total. The average Bonchev–Trinajstić information content (AvgIpc) is 3.12. The second-order valence-corrected chi connectivity index (χ2v) is 7.12. The number of hydrogen-bond acceptors (Lipinski definition) is 5. The molecule has 2 aromatic heterocycles. The van der Waals surface area contributed by atoms with E-state index in [0.29, 0.717) is 11.4 Å². The number of amides is 1. The van der Waals surface area contributed by atoms with Crippen LogP contribution in [-0.2, 0) is 6.54 Å². The van der Waals surface area contributed by atoms with Gasteiger partial charge in [0.1, 0.15) is 16.3 Å². The second-order valence-electron chi connectivity index (χ2n) is 6.09. The zero-order valence-electron chi connectivity index (χ0n) is 15.0. The van der Waals surface area contributed by atoms with Crippen LogP contribution in [0.1, 0.15) is 15.2 Å². The van der Waals surface area contributed by atoms with Crippen LogP contribution >= 0.6 is 11.3 Å². The number of nitrogens with one attached hydrogen (secondary N) is 1. The zero-order valence-corrected chi connectivity index (χ0v) is 15.8. The van der Waals surface area contributed by atoms with E-state index in [1.54, 1.807) is 14.2 Å². The van der Waals surface area contributed by atoms with Gasteiger partial charge < -0.3 is 14.8 Å². The van der Waals surface area contributed by atoms with Gasteiger partial charge in [-0.15, -0.1) is 11.3 Å². The van der Waals surface area contributed by atoms with E-state index < -0.39 is 0 Å². The smallest absolute Gasteiger partial charge is 0.261 e. The molecular formula is C21H18N2O3S. The zero-order chi connectivity index (χ0) is 18.8. The summed E-state index contributed by atoms with van der Waals surface area (Å²) in [5, 5.41) is 4.94. The van der Waals surface area contributed by atoms with Crippen molar-refractivity contribution >= 4 is 38.4 Å². The lowest BCUT2D eigenvalue weighted by Gasteiger charge is -2.05. The molecule has 0 saturated heterocycles. The van der Waals surface area contributed by atoms with Gasteiger partial charge in [0, 0.05) is 23.4 Å². The van der Waals surface area contributed by atoms with Crippen molar-refractivity contribution in [2.75, 3.05) is 14.2 Å². The third-order valence-electron chi connectivity index (χ3n) is 4.32. The van der Waals surface area contributed by atoms with Crippen LogP contribution in [0.2, 0.25) is 0 Å². The van der Waals surface area contributed by atoms with Gasteiger partial charge in [0.25, 0.3) is 5.91 Å². The van der Waals surface area contributed by atoms with Crippen molar-refractivity contribution < 1.29 is 14.3 Å². The summed E-state index contributed by atoms with van der Waals surface area (Å²) in [7, 11) is 3.26. The third-order valence-corrected chi connectivity index (χ3v) is 5.37. The van der Waals surface area contributed by atoms with Gasteiger partial charge in [0.15, 0.2) is 0 Å². The van der Waals surface area contributed by atoms with Gasteiger partial charge in [-0.25, -0.2) is 4.98 Å². The number of methoxy groups -OCH3 is 2. The van der Waals surface area contributed by atoms with E-state index in [1.165, 1.54) is 11.3 Å². The predicted octanol–water partition coefficient (Wildman–Crippen LogP) is 4.40. The van der Waals surface area contributed by atoms with Crippen molar-refractivity contribution in [3.63, 3.8) is 0 Å². The molecule has 0 saturated carbocycles. The van der Waals surface area contributed by atoms with E-state index in [4.69, 9.17) is 9.47 Å². The van der Waals surface area contributed by atoms with Gasteiger partial charge in [-0.05, 0) is 42.0 Å². The number of nitrogens with zero attached hydrogens (tertiary/aromatic N) is 1. The van der Waals surface area contributed by atoms with E-state index in [0.717, 1.165) is 38.2 Å². The fourth-order valence-electron chi connectivity index (χ4n) is 2.90. The summed E-state index contributed by atoms with van der Waals surface area (Å²) >= 11 is 1.39. The van der Waals surface area contributed by atoms with E-state index >= 15 is 0 Å². The Hall–Kier alpha value is -3.12. The van der Waals surface area contributed by atoms with Gasteiger partial charge >= 0.3 is 0 Å². The van der Waals surface area contributed by atoms with Crippen molar-refractivity contribution in [2.45, 2.75) is 6.54 Å². The highest BCUT2D eigenvalue weighted by Gasteiger charge is 2.12. The molecule has 5 nitrogen and oxygen atoms in total. The molecule has 0 bridgehead atoms. The number of carbonyl (C=O) groups is 1. The number of benzene rings is 2. The Morgan fingerprint density at radius 2 is 1.81 bits per heavy atom. The highest BCUT2D eigenvalue weighted by molar-refractivity contribution is 7.20. The molecule has 2 aromatic carbocycles. The molecule has 0 aliphatic heterocycles. The largest absolute Gasteiger partial charge is 0.497 e. The van der Waals surface area contributed by atoms with Crippen LogP contribution in [-0.4, -0.2) is 25.1 Å². The molecule has 4 aromatic rings. The molecule has 0 aliphatic carbocycles. The first-order valence-corrected chi connectivity index (χ1v) is 9.27. The Bertz CT molecular complexity index is 1140. The normalized spacial score (nSPS) is 10.9. The van der Waals surface area contributed by atoms with Crippen molar-refractivity contribution in [3.8, 4) is 11.5 Å². The van der Waals surface area contributed by atoms with Crippen molar-refractivity contribution in [1.82, 2.24) is 10.3 Å². The Morgan fingerprint density at radius 1 is 1.00 bits per heavy atom. The summed E-state index contributed by atoms with van der Waals surface area (Å²) in [6.07, 6.45) is 0. The van der Waals surface area contributed by atoms with Gasteiger partial charge in [-0.2, -0.15) is 0 Å². The summed E-state index contributed by atoms with van der Waals surface area (Å²) < 4.78 is 10.5. The van der Waals surface area contributed by atoms with Crippen molar-refractivity contribution in [2.24, 2.45) is 0 Å². The first-order valence-electron chi connectivity index (χ1n) is 8.46. The predicted molar refractivity (Wildman–Crippen MR) is 108 cm³/mol. The van der Waals surface area contributed by atoms with Crippen LogP contribution in [0, 0.1) is 0 Å². The molecule has 0 unspecified atom stereocenters. The maximum atomic E-state index is 12.6. The third kappa shape index (κ3) is 3.57. The van der Waals surface area contributed by atoms with Gasteiger partial charge in [-0.1, -0.05) is 12.1 Å². The lowest BCUT2D eigenvalue weighted by Crippen LogP contribution is -2.21. The Balaban J connectivity index is 1.57. The second kappa shape index (κ2) is 7.25. The molecule has 0 fully saturated rings. The minimum Gasteiger partial charge on any atom is -0.497 e. The molecule has 1 amide bonds. The molecule has 4 rings (SSSR count).